The van der Waals surface area contributed by atoms with E-state index in [4.69, 9.17) is 5.73 Å². The first-order chi connectivity index (χ1) is 10.4. The van der Waals surface area contributed by atoms with E-state index in [0.29, 0.717) is 11.9 Å². The number of hydrogen-bond acceptors (Lipinski definition) is 4. The predicted molar refractivity (Wildman–Crippen MR) is 88.5 cm³/mol. The van der Waals surface area contributed by atoms with Crippen molar-refractivity contribution < 1.29 is 4.79 Å². The topological polar surface area (TPSA) is 77.5 Å². The molecule has 1 saturated carbocycles. The van der Waals surface area contributed by atoms with E-state index in [-0.39, 0.29) is 18.1 Å². The number of rotatable bonds is 4. The van der Waals surface area contributed by atoms with Crippen molar-refractivity contribution in [2.24, 2.45) is 21.7 Å². The summed E-state index contributed by atoms with van der Waals surface area (Å²) in [5.74, 6) is 1.12. The first-order valence-corrected chi connectivity index (χ1v) is 8.04. The summed E-state index contributed by atoms with van der Waals surface area (Å²) in [5.41, 5.74) is 6.13. The summed E-state index contributed by atoms with van der Waals surface area (Å²) in [5, 5.41) is 5.94. The lowest BCUT2D eigenvalue weighted by Crippen LogP contribution is -2.57. The van der Waals surface area contributed by atoms with Crippen molar-refractivity contribution in [1.29, 1.82) is 0 Å². The van der Waals surface area contributed by atoms with Gasteiger partial charge in [0.1, 0.15) is 6.17 Å². The van der Waals surface area contributed by atoms with Crippen LogP contribution in [0.2, 0.25) is 0 Å². The molecule has 2 fully saturated rings. The minimum absolute atomic E-state index is 0.113. The number of carbonyl (C=O) groups excluding carboxylic acids is 1. The lowest BCUT2D eigenvalue weighted by Gasteiger charge is -2.40. The van der Waals surface area contributed by atoms with Crippen LogP contribution in [0.15, 0.2) is 10.1 Å². The molecule has 2 N–H and O–H groups in total. The smallest absolute Gasteiger partial charge is 0.226 e. The van der Waals surface area contributed by atoms with Crippen LogP contribution in [0.5, 0.6) is 0 Å². The molecule has 1 amide bonds. The van der Waals surface area contributed by atoms with E-state index in [1.807, 2.05) is 25.8 Å². The molecule has 7 heteroatoms. The largest absolute Gasteiger partial charge is 0.370 e. The SMILES string of the molecule is C/C=N\N(C)C(C)N=C(N)N1CCN(C(=O)C2CC2)C(C)C1. The molecule has 7 nitrogen and oxygen atoms in total. The van der Waals surface area contributed by atoms with Crippen LogP contribution in [0.4, 0.5) is 0 Å². The summed E-state index contributed by atoms with van der Waals surface area (Å²) in [6.45, 7) is 8.11. The molecule has 0 aromatic rings. The molecule has 0 aromatic heterocycles. The van der Waals surface area contributed by atoms with Gasteiger partial charge in [-0.3, -0.25) is 9.80 Å². The highest BCUT2D eigenvalue weighted by Crippen LogP contribution is 2.32. The van der Waals surface area contributed by atoms with Crippen molar-refractivity contribution >= 4 is 18.1 Å². The van der Waals surface area contributed by atoms with Gasteiger partial charge in [-0.1, -0.05) is 0 Å². The van der Waals surface area contributed by atoms with Crippen LogP contribution in [0.1, 0.15) is 33.6 Å². The number of hydrazone groups is 1. The number of amides is 1. The summed E-state index contributed by atoms with van der Waals surface area (Å²) in [6, 6.07) is 0.178. The van der Waals surface area contributed by atoms with Crippen molar-refractivity contribution in [1.82, 2.24) is 14.8 Å². The molecule has 22 heavy (non-hydrogen) atoms. The van der Waals surface area contributed by atoms with E-state index in [1.54, 1.807) is 11.2 Å². The molecule has 2 atom stereocenters. The molecule has 1 aliphatic heterocycles. The molecular formula is C15H28N6O. The third-order valence-corrected chi connectivity index (χ3v) is 4.32. The van der Waals surface area contributed by atoms with E-state index >= 15 is 0 Å². The predicted octanol–water partition coefficient (Wildman–Crippen LogP) is 0.527. The minimum Gasteiger partial charge on any atom is -0.370 e. The summed E-state index contributed by atoms with van der Waals surface area (Å²) in [7, 11) is 1.87. The zero-order valence-electron chi connectivity index (χ0n) is 14.1. The Hall–Kier alpha value is -1.79. The average Bonchev–Trinajstić information content (AvgIpc) is 3.31. The second-order valence-electron chi connectivity index (χ2n) is 6.17. The number of nitrogens with zero attached hydrogens (tertiary/aromatic N) is 5. The van der Waals surface area contributed by atoms with Gasteiger partial charge >= 0.3 is 0 Å². The van der Waals surface area contributed by atoms with Crippen LogP contribution in [0.3, 0.4) is 0 Å². The van der Waals surface area contributed by atoms with Crippen LogP contribution in [0, 0.1) is 5.92 Å². The van der Waals surface area contributed by atoms with Gasteiger partial charge in [0.2, 0.25) is 5.91 Å². The number of guanidine groups is 1. The molecule has 0 aromatic carbocycles. The summed E-state index contributed by atoms with van der Waals surface area (Å²) in [6.07, 6.45) is 3.72. The Morgan fingerprint density at radius 3 is 2.64 bits per heavy atom. The number of hydrogen-bond donors (Lipinski definition) is 1. The molecule has 1 saturated heterocycles. The summed E-state index contributed by atoms with van der Waals surface area (Å²) < 4.78 is 0. The Morgan fingerprint density at radius 2 is 2.09 bits per heavy atom. The highest BCUT2D eigenvalue weighted by atomic mass is 16.2. The Balaban J connectivity index is 1.92. The maximum absolute atomic E-state index is 12.2. The summed E-state index contributed by atoms with van der Waals surface area (Å²) in [4.78, 5) is 20.8. The minimum atomic E-state index is -0.113. The number of carbonyl (C=O) groups is 1. The number of piperazine rings is 1. The van der Waals surface area contributed by atoms with E-state index < -0.39 is 0 Å². The van der Waals surface area contributed by atoms with Gasteiger partial charge in [-0.05, 0) is 33.6 Å². The first-order valence-electron chi connectivity index (χ1n) is 8.04. The fourth-order valence-corrected chi connectivity index (χ4v) is 2.69. The Labute approximate surface area is 132 Å². The standard InChI is InChI=1S/C15H28N6O/c1-5-17-19(4)12(3)18-15(16)20-8-9-21(11(2)10-20)14(22)13-6-7-13/h5,11-13H,6-10H2,1-4H3,(H2,16,18)/b17-5-. The van der Waals surface area contributed by atoms with Crippen LogP contribution in [0.25, 0.3) is 0 Å². The first kappa shape index (κ1) is 16.6. The fraction of sp³-hybridized carbons (Fsp3) is 0.800. The van der Waals surface area contributed by atoms with E-state index in [1.165, 1.54) is 0 Å². The van der Waals surface area contributed by atoms with E-state index in [9.17, 15) is 4.79 Å². The second-order valence-corrected chi connectivity index (χ2v) is 6.17. The van der Waals surface area contributed by atoms with E-state index in [0.717, 1.165) is 32.5 Å². The highest BCUT2D eigenvalue weighted by molar-refractivity contribution is 5.82. The van der Waals surface area contributed by atoms with Crippen molar-refractivity contribution in [2.75, 3.05) is 26.7 Å². The van der Waals surface area contributed by atoms with Gasteiger partial charge in [-0.25, -0.2) is 4.99 Å². The van der Waals surface area contributed by atoms with Crippen LogP contribution < -0.4 is 5.73 Å². The molecule has 2 unspecified atom stereocenters. The maximum atomic E-state index is 12.2. The molecule has 0 bridgehead atoms. The Kier molecular flexibility index (Phi) is 5.26. The molecule has 1 heterocycles. The second kappa shape index (κ2) is 6.98. The van der Waals surface area contributed by atoms with Crippen molar-refractivity contribution in [3.63, 3.8) is 0 Å². The van der Waals surface area contributed by atoms with Crippen LogP contribution in [-0.4, -0.2) is 71.8 Å². The van der Waals surface area contributed by atoms with Gasteiger partial charge in [-0.15, -0.1) is 0 Å². The van der Waals surface area contributed by atoms with Crippen molar-refractivity contribution in [3.05, 3.63) is 0 Å². The highest BCUT2D eigenvalue weighted by Gasteiger charge is 2.37. The summed E-state index contributed by atoms with van der Waals surface area (Å²) >= 11 is 0. The van der Waals surface area contributed by atoms with Gasteiger partial charge < -0.3 is 15.5 Å². The third-order valence-electron chi connectivity index (χ3n) is 4.32. The fourth-order valence-electron chi connectivity index (χ4n) is 2.69. The van der Waals surface area contributed by atoms with Gasteiger partial charge in [0.15, 0.2) is 5.96 Å². The monoisotopic (exact) mass is 308 g/mol. The quantitative estimate of drug-likeness (QED) is 0.467. The molecule has 0 spiro atoms. The van der Waals surface area contributed by atoms with Crippen molar-refractivity contribution in [2.45, 2.75) is 45.8 Å². The number of nitrogens with two attached hydrogens (primary N) is 1. The van der Waals surface area contributed by atoms with E-state index in [2.05, 4.69) is 21.9 Å². The Morgan fingerprint density at radius 1 is 1.41 bits per heavy atom. The number of aliphatic imine (C=N–C) groups is 1. The zero-order valence-corrected chi connectivity index (χ0v) is 14.1. The van der Waals surface area contributed by atoms with Gasteiger partial charge in [0, 0.05) is 44.9 Å². The lowest BCUT2D eigenvalue weighted by molar-refractivity contribution is -0.136. The van der Waals surface area contributed by atoms with Crippen molar-refractivity contribution in [3.8, 4) is 0 Å². The van der Waals surface area contributed by atoms with Crippen LogP contribution in [-0.2, 0) is 4.79 Å². The van der Waals surface area contributed by atoms with Gasteiger partial charge in [0.05, 0.1) is 0 Å². The molecular weight excluding hydrogens is 280 g/mol. The molecule has 124 valence electrons. The zero-order chi connectivity index (χ0) is 16.3. The van der Waals surface area contributed by atoms with Gasteiger partial charge in [-0.2, -0.15) is 5.10 Å². The van der Waals surface area contributed by atoms with Gasteiger partial charge in [0.25, 0.3) is 0 Å². The Bertz CT molecular complexity index is 459. The van der Waals surface area contributed by atoms with Crippen LogP contribution >= 0.6 is 0 Å². The average molecular weight is 308 g/mol. The maximum Gasteiger partial charge on any atom is 0.226 e. The molecule has 0 radical (unpaired) electrons. The molecule has 1 aliphatic carbocycles. The third kappa shape index (κ3) is 3.90. The molecule has 2 rings (SSSR count). The lowest BCUT2D eigenvalue weighted by atomic mass is 10.1. The normalized spacial score (nSPS) is 24.7. The molecule has 2 aliphatic rings.